The lowest BCUT2D eigenvalue weighted by Crippen LogP contribution is -2.25. The van der Waals surface area contributed by atoms with E-state index in [0.29, 0.717) is 16.8 Å². The molecule has 0 fully saturated rings. The van der Waals surface area contributed by atoms with Gasteiger partial charge in [-0.05, 0) is 60.9 Å². The predicted octanol–water partition coefficient (Wildman–Crippen LogP) is 3.39. The molecule has 7 nitrogen and oxygen atoms in total. The monoisotopic (exact) mass is 451 g/mol. The number of carbonyl (C=O) groups is 2. The molecule has 8 heteroatoms. The van der Waals surface area contributed by atoms with E-state index in [0.717, 1.165) is 11.1 Å². The maximum absolute atomic E-state index is 12.9. The summed E-state index contributed by atoms with van der Waals surface area (Å²) in [5.74, 6) is -0.617. The Kier molecular flexibility index (Phi) is 6.95. The highest BCUT2D eigenvalue weighted by molar-refractivity contribution is 7.92. The van der Waals surface area contributed by atoms with Gasteiger partial charge in [0.05, 0.1) is 10.6 Å². The van der Waals surface area contributed by atoms with Crippen molar-refractivity contribution < 1.29 is 18.0 Å². The van der Waals surface area contributed by atoms with Gasteiger partial charge in [0.25, 0.3) is 21.8 Å². The van der Waals surface area contributed by atoms with Gasteiger partial charge in [-0.25, -0.2) is 8.42 Å². The Hall–Kier alpha value is -3.65. The van der Waals surface area contributed by atoms with Crippen LogP contribution in [0.5, 0.6) is 0 Å². The number of sulfonamides is 1. The van der Waals surface area contributed by atoms with Gasteiger partial charge in [0.15, 0.2) is 0 Å². The summed E-state index contributed by atoms with van der Waals surface area (Å²) in [6.45, 7) is 3.75. The third kappa shape index (κ3) is 5.33. The molecule has 0 heterocycles. The van der Waals surface area contributed by atoms with E-state index in [-0.39, 0.29) is 22.9 Å². The van der Waals surface area contributed by atoms with Crippen LogP contribution in [-0.4, -0.2) is 27.3 Å². The Morgan fingerprint density at radius 1 is 0.844 bits per heavy atom. The van der Waals surface area contributed by atoms with Gasteiger partial charge >= 0.3 is 0 Å². The molecule has 0 bridgehead atoms. The van der Waals surface area contributed by atoms with Crippen molar-refractivity contribution in [2.24, 2.45) is 0 Å². The van der Waals surface area contributed by atoms with Crippen molar-refractivity contribution in [3.63, 3.8) is 0 Å². The van der Waals surface area contributed by atoms with Crippen LogP contribution in [0, 0.1) is 13.8 Å². The summed E-state index contributed by atoms with van der Waals surface area (Å²) in [5.41, 5.74) is 3.43. The maximum Gasteiger partial charge on any atom is 0.261 e. The van der Waals surface area contributed by atoms with Crippen molar-refractivity contribution >= 4 is 27.5 Å². The summed E-state index contributed by atoms with van der Waals surface area (Å²) in [5, 5.41) is 5.35. The Balaban J connectivity index is 1.79. The quantitative estimate of drug-likeness (QED) is 0.512. The van der Waals surface area contributed by atoms with Gasteiger partial charge in [0.1, 0.15) is 0 Å². The first-order valence-electron chi connectivity index (χ1n) is 9.99. The van der Waals surface area contributed by atoms with Crippen molar-refractivity contribution in [2.45, 2.75) is 25.3 Å². The topological polar surface area (TPSA) is 104 Å². The lowest BCUT2D eigenvalue weighted by Gasteiger charge is -2.13. The average Bonchev–Trinajstić information content (AvgIpc) is 2.78. The molecule has 0 spiro atoms. The van der Waals surface area contributed by atoms with Crippen molar-refractivity contribution in [2.75, 3.05) is 11.8 Å². The highest BCUT2D eigenvalue weighted by Crippen LogP contribution is 2.21. The van der Waals surface area contributed by atoms with Gasteiger partial charge in [-0.1, -0.05) is 36.4 Å². The molecule has 32 heavy (non-hydrogen) atoms. The summed E-state index contributed by atoms with van der Waals surface area (Å²) < 4.78 is 28.3. The van der Waals surface area contributed by atoms with E-state index in [1.54, 1.807) is 56.4 Å². The molecule has 0 saturated carbocycles. The van der Waals surface area contributed by atoms with Crippen molar-refractivity contribution in [3.8, 4) is 0 Å². The Labute approximate surface area is 187 Å². The number of hydrogen-bond donors (Lipinski definition) is 3. The predicted molar refractivity (Wildman–Crippen MR) is 124 cm³/mol. The summed E-state index contributed by atoms with van der Waals surface area (Å²) in [7, 11) is -2.32. The van der Waals surface area contributed by atoms with Crippen molar-refractivity contribution in [1.29, 1.82) is 0 Å². The summed E-state index contributed by atoms with van der Waals surface area (Å²) >= 11 is 0. The van der Waals surface area contributed by atoms with E-state index in [9.17, 15) is 18.0 Å². The maximum atomic E-state index is 12.9. The van der Waals surface area contributed by atoms with Crippen LogP contribution in [0.15, 0.2) is 71.6 Å². The fourth-order valence-corrected chi connectivity index (χ4v) is 4.31. The molecule has 2 amide bonds. The van der Waals surface area contributed by atoms with Crippen molar-refractivity contribution in [3.05, 3.63) is 94.5 Å². The highest BCUT2D eigenvalue weighted by atomic mass is 32.2. The van der Waals surface area contributed by atoms with Gasteiger partial charge < -0.3 is 10.6 Å². The number of hydrogen-bond acceptors (Lipinski definition) is 4. The molecule has 0 aromatic heterocycles. The highest BCUT2D eigenvalue weighted by Gasteiger charge is 2.19. The fraction of sp³-hybridized carbons (Fsp3) is 0.167. The Bertz CT molecular complexity index is 1270. The van der Waals surface area contributed by atoms with Gasteiger partial charge in [-0.3, -0.25) is 14.3 Å². The first-order chi connectivity index (χ1) is 15.2. The molecule has 0 aliphatic rings. The van der Waals surface area contributed by atoms with Gasteiger partial charge in [-0.15, -0.1) is 0 Å². The van der Waals surface area contributed by atoms with E-state index in [1.165, 1.54) is 12.1 Å². The minimum absolute atomic E-state index is 0.00174. The standard InChI is InChI=1S/C24H25N3O4S/c1-16-11-12-20(32(30,31)27-22-10-5-4-7-17(22)2)14-21(16)24(29)26-15-18-8-6-9-19(13-18)23(28)25-3/h4-14,27H,15H2,1-3H3,(H,25,28)(H,26,29). The zero-order valence-electron chi connectivity index (χ0n) is 18.1. The van der Waals surface area contributed by atoms with Crippen LogP contribution in [-0.2, 0) is 16.6 Å². The molecular weight excluding hydrogens is 426 g/mol. The summed E-state index contributed by atoms with van der Waals surface area (Å²) in [4.78, 5) is 24.6. The molecular formula is C24H25N3O4S. The number of rotatable bonds is 7. The van der Waals surface area contributed by atoms with E-state index in [4.69, 9.17) is 0 Å². The van der Waals surface area contributed by atoms with Crippen LogP contribution < -0.4 is 15.4 Å². The van der Waals surface area contributed by atoms with Crippen LogP contribution in [0.1, 0.15) is 37.4 Å². The zero-order chi connectivity index (χ0) is 23.3. The van der Waals surface area contributed by atoms with Gasteiger partial charge in [0.2, 0.25) is 0 Å². The lowest BCUT2D eigenvalue weighted by molar-refractivity contribution is 0.0948. The van der Waals surface area contributed by atoms with Crippen LogP contribution in [0.4, 0.5) is 5.69 Å². The van der Waals surface area contributed by atoms with Crippen molar-refractivity contribution in [1.82, 2.24) is 10.6 Å². The van der Waals surface area contributed by atoms with Crippen LogP contribution in [0.25, 0.3) is 0 Å². The average molecular weight is 452 g/mol. The number of amides is 2. The molecule has 3 aromatic carbocycles. The first-order valence-corrected chi connectivity index (χ1v) is 11.5. The third-order valence-corrected chi connectivity index (χ3v) is 6.39. The molecule has 3 aromatic rings. The number of carbonyl (C=O) groups excluding carboxylic acids is 2. The molecule has 0 aliphatic heterocycles. The minimum atomic E-state index is -3.87. The van der Waals surface area contributed by atoms with Crippen LogP contribution in [0.2, 0.25) is 0 Å². The molecule has 0 saturated heterocycles. The Morgan fingerprint density at radius 3 is 2.31 bits per heavy atom. The summed E-state index contributed by atoms with van der Waals surface area (Å²) in [6.07, 6.45) is 0. The fourth-order valence-electron chi connectivity index (χ4n) is 3.15. The molecule has 3 N–H and O–H groups in total. The largest absolute Gasteiger partial charge is 0.355 e. The van der Waals surface area contributed by atoms with Gasteiger partial charge in [0, 0.05) is 24.7 Å². The Morgan fingerprint density at radius 2 is 1.59 bits per heavy atom. The number of anilines is 1. The third-order valence-electron chi connectivity index (χ3n) is 5.02. The van der Waals surface area contributed by atoms with E-state index >= 15 is 0 Å². The molecule has 0 unspecified atom stereocenters. The second-order valence-electron chi connectivity index (χ2n) is 7.36. The number of para-hydroxylation sites is 1. The molecule has 0 aliphatic carbocycles. The smallest absolute Gasteiger partial charge is 0.261 e. The normalized spacial score (nSPS) is 11.0. The minimum Gasteiger partial charge on any atom is -0.355 e. The number of benzene rings is 3. The van der Waals surface area contributed by atoms with E-state index in [2.05, 4.69) is 15.4 Å². The second kappa shape index (κ2) is 9.65. The second-order valence-corrected chi connectivity index (χ2v) is 9.04. The zero-order valence-corrected chi connectivity index (χ0v) is 18.9. The van der Waals surface area contributed by atoms with E-state index in [1.807, 2.05) is 19.1 Å². The van der Waals surface area contributed by atoms with Crippen LogP contribution in [0.3, 0.4) is 0 Å². The lowest BCUT2D eigenvalue weighted by atomic mass is 10.1. The number of aryl methyl sites for hydroxylation is 2. The molecule has 0 radical (unpaired) electrons. The van der Waals surface area contributed by atoms with Gasteiger partial charge in [-0.2, -0.15) is 0 Å². The SMILES string of the molecule is CNC(=O)c1cccc(CNC(=O)c2cc(S(=O)(=O)Nc3ccccc3C)ccc2C)c1. The first kappa shape index (κ1) is 23.0. The molecule has 0 atom stereocenters. The van der Waals surface area contributed by atoms with E-state index < -0.39 is 15.9 Å². The van der Waals surface area contributed by atoms with Crippen LogP contribution >= 0.6 is 0 Å². The number of nitrogens with one attached hydrogen (secondary N) is 3. The molecule has 166 valence electrons. The summed E-state index contributed by atoms with van der Waals surface area (Å²) in [6, 6.07) is 18.4. The molecule has 3 rings (SSSR count).